The average molecular weight is 290 g/mol. The van der Waals surface area contributed by atoms with E-state index >= 15 is 0 Å². The Hall–Kier alpha value is -1.81. The average Bonchev–Trinajstić information content (AvgIpc) is 2.81. The molecule has 21 heavy (non-hydrogen) atoms. The second-order valence-electron chi connectivity index (χ2n) is 5.69. The lowest BCUT2D eigenvalue weighted by Gasteiger charge is -2.19. The zero-order chi connectivity index (χ0) is 15.4. The lowest BCUT2D eigenvalue weighted by molar-refractivity contribution is 0.480. The van der Waals surface area contributed by atoms with Crippen molar-refractivity contribution in [3.8, 4) is 0 Å². The Balaban J connectivity index is 2.05. The molecule has 0 aliphatic carbocycles. The standard InChI is InChI=1S/C17H23FN2O/c1-12(2)19-10-14-6-8-17(16(18)9-14)20(4)11-15-7-5-13(3)21-15/h5-9,12,19H,10-11H2,1-4H3. The Morgan fingerprint density at radius 1 is 1.24 bits per heavy atom. The van der Waals surface area contributed by atoms with E-state index < -0.39 is 0 Å². The molecule has 1 aromatic carbocycles. The number of anilines is 1. The summed E-state index contributed by atoms with van der Waals surface area (Å²) in [6.45, 7) is 7.28. The Morgan fingerprint density at radius 3 is 2.57 bits per heavy atom. The van der Waals surface area contributed by atoms with Gasteiger partial charge in [0.25, 0.3) is 0 Å². The predicted octanol–water partition coefficient (Wildman–Crippen LogP) is 3.86. The van der Waals surface area contributed by atoms with Crippen molar-refractivity contribution < 1.29 is 8.81 Å². The number of halogens is 1. The van der Waals surface area contributed by atoms with Crippen LogP contribution in [0.2, 0.25) is 0 Å². The number of rotatable bonds is 6. The SMILES string of the molecule is Cc1ccc(CN(C)c2ccc(CNC(C)C)cc2F)o1. The van der Waals surface area contributed by atoms with E-state index in [-0.39, 0.29) is 5.82 Å². The van der Waals surface area contributed by atoms with Gasteiger partial charge in [0.15, 0.2) is 0 Å². The van der Waals surface area contributed by atoms with Gasteiger partial charge >= 0.3 is 0 Å². The summed E-state index contributed by atoms with van der Waals surface area (Å²) in [6, 6.07) is 9.59. The lowest BCUT2D eigenvalue weighted by atomic mass is 10.1. The molecular weight excluding hydrogens is 267 g/mol. The molecule has 3 nitrogen and oxygen atoms in total. The molecule has 0 spiro atoms. The minimum Gasteiger partial charge on any atom is -0.464 e. The van der Waals surface area contributed by atoms with Gasteiger partial charge in [0, 0.05) is 19.6 Å². The fourth-order valence-corrected chi connectivity index (χ4v) is 2.18. The van der Waals surface area contributed by atoms with Crippen LogP contribution in [0.1, 0.15) is 30.9 Å². The Kier molecular flexibility index (Phi) is 5.02. The Labute approximate surface area is 125 Å². The molecule has 0 aliphatic heterocycles. The van der Waals surface area contributed by atoms with Crippen LogP contribution in [0.25, 0.3) is 0 Å². The fourth-order valence-electron chi connectivity index (χ4n) is 2.18. The largest absolute Gasteiger partial charge is 0.464 e. The highest BCUT2D eigenvalue weighted by Gasteiger charge is 2.11. The van der Waals surface area contributed by atoms with Crippen molar-refractivity contribution in [1.82, 2.24) is 5.32 Å². The molecule has 2 aromatic rings. The summed E-state index contributed by atoms with van der Waals surface area (Å²) < 4.78 is 19.8. The smallest absolute Gasteiger partial charge is 0.146 e. The first-order valence-electron chi connectivity index (χ1n) is 7.24. The summed E-state index contributed by atoms with van der Waals surface area (Å²) in [6.07, 6.45) is 0. The van der Waals surface area contributed by atoms with Gasteiger partial charge in [0.1, 0.15) is 17.3 Å². The molecule has 1 heterocycles. The van der Waals surface area contributed by atoms with E-state index in [1.165, 1.54) is 0 Å². The van der Waals surface area contributed by atoms with E-state index in [1.807, 2.05) is 43.1 Å². The van der Waals surface area contributed by atoms with Crippen LogP contribution in [0.15, 0.2) is 34.7 Å². The van der Waals surface area contributed by atoms with Crippen LogP contribution in [0, 0.1) is 12.7 Å². The molecule has 1 N–H and O–H groups in total. The summed E-state index contributed by atoms with van der Waals surface area (Å²) in [5, 5.41) is 3.28. The molecule has 2 rings (SSSR count). The molecular formula is C17H23FN2O. The van der Waals surface area contributed by atoms with Gasteiger partial charge in [0.2, 0.25) is 0 Å². The minimum absolute atomic E-state index is 0.205. The van der Waals surface area contributed by atoms with Gasteiger partial charge < -0.3 is 14.6 Å². The maximum absolute atomic E-state index is 14.2. The number of benzene rings is 1. The molecule has 0 atom stereocenters. The van der Waals surface area contributed by atoms with Crippen LogP contribution >= 0.6 is 0 Å². The van der Waals surface area contributed by atoms with Crippen molar-refractivity contribution in [2.45, 2.75) is 39.9 Å². The van der Waals surface area contributed by atoms with Crippen LogP contribution in [0.3, 0.4) is 0 Å². The summed E-state index contributed by atoms with van der Waals surface area (Å²) in [5.74, 6) is 1.50. The van der Waals surface area contributed by atoms with Gasteiger partial charge in [-0.25, -0.2) is 4.39 Å². The van der Waals surface area contributed by atoms with Crippen molar-refractivity contribution in [2.75, 3.05) is 11.9 Å². The number of furan rings is 1. The number of nitrogens with one attached hydrogen (secondary N) is 1. The van der Waals surface area contributed by atoms with Crippen molar-refractivity contribution in [1.29, 1.82) is 0 Å². The number of aryl methyl sites for hydroxylation is 1. The molecule has 0 fully saturated rings. The molecule has 0 amide bonds. The van der Waals surface area contributed by atoms with E-state index in [2.05, 4.69) is 19.2 Å². The van der Waals surface area contributed by atoms with Gasteiger partial charge in [0.05, 0.1) is 12.2 Å². The Bertz CT molecular complexity index is 592. The topological polar surface area (TPSA) is 28.4 Å². The molecule has 4 heteroatoms. The molecule has 0 bridgehead atoms. The van der Waals surface area contributed by atoms with Gasteiger partial charge in [-0.1, -0.05) is 19.9 Å². The van der Waals surface area contributed by atoms with Crippen LogP contribution < -0.4 is 10.2 Å². The lowest BCUT2D eigenvalue weighted by Crippen LogP contribution is -2.22. The van der Waals surface area contributed by atoms with Gasteiger partial charge in [-0.05, 0) is 36.8 Å². The van der Waals surface area contributed by atoms with Crippen molar-refractivity contribution >= 4 is 5.69 Å². The van der Waals surface area contributed by atoms with Gasteiger partial charge in [-0.3, -0.25) is 0 Å². The van der Waals surface area contributed by atoms with Crippen LogP contribution in [-0.2, 0) is 13.1 Å². The first-order valence-corrected chi connectivity index (χ1v) is 7.24. The normalized spacial score (nSPS) is 11.1. The van der Waals surface area contributed by atoms with E-state index in [0.717, 1.165) is 17.1 Å². The van der Waals surface area contributed by atoms with E-state index in [9.17, 15) is 4.39 Å². The summed E-state index contributed by atoms with van der Waals surface area (Å²) in [5.41, 5.74) is 1.53. The Morgan fingerprint density at radius 2 is 2.00 bits per heavy atom. The van der Waals surface area contributed by atoms with E-state index in [0.29, 0.717) is 24.8 Å². The van der Waals surface area contributed by atoms with Crippen molar-refractivity contribution in [3.05, 3.63) is 53.2 Å². The summed E-state index contributed by atoms with van der Waals surface area (Å²) in [7, 11) is 1.86. The maximum atomic E-state index is 14.2. The minimum atomic E-state index is -0.205. The second-order valence-corrected chi connectivity index (χ2v) is 5.69. The third-order valence-electron chi connectivity index (χ3n) is 3.33. The molecule has 1 aromatic heterocycles. The first-order chi connectivity index (χ1) is 9.95. The molecule has 0 saturated heterocycles. The van der Waals surface area contributed by atoms with E-state index in [1.54, 1.807) is 6.07 Å². The van der Waals surface area contributed by atoms with Crippen molar-refractivity contribution in [2.24, 2.45) is 0 Å². The highest BCUT2D eigenvalue weighted by molar-refractivity contribution is 5.48. The van der Waals surface area contributed by atoms with Crippen LogP contribution in [0.4, 0.5) is 10.1 Å². The second kappa shape index (κ2) is 6.76. The summed E-state index contributed by atoms with van der Waals surface area (Å²) >= 11 is 0. The van der Waals surface area contributed by atoms with E-state index in [4.69, 9.17) is 4.42 Å². The number of hydrogen-bond donors (Lipinski definition) is 1. The predicted molar refractivity (Wildman–Crippen MR) is 83.9 cm³/mol. The highest BCUT2D eigenvalue weighted by Crippen LogP contribution is 2.22. The molecule has 0 aliphatic rings. The highest BCUT2D eigenvalue weighted by atomic mass is 19.1. The monoisotopic (exact) mass is 290 g/mol. The summed E-state index contributed by atoms with van der Waals surface area (Å²) in [4.78, 5) is 1.85. The molecule has 0 saturated carbocycles. The molecule has 0 radical (unpaired) electrons. The molecule has 114 valence electrons. The number of nitrogens with zero attached hydrogens (tertiary/aromatic N) is 1. The quantitative estimate of drug-likeness (QED) is 0.875. The van der Waals surface area contributed by atoms with Gasteiger partial charge in [-0.2, -0.15) is 0 Å². The third-order valence-corrected chi connectivity index (χ3v) is 3.33. The fraction of sp³-hybridized carbons (Fsp3) is 0.412. The van der Waals surface area contributed by atoms with Crippen LogP contribution in [-0.4, -0.2) is 13.1 Å². The van der Waals surface area contributed by atoms with Crippen LogP contribution in [0.5, 0.6) is 0 Å². The van der Waals surface area contributed by atoms with Crippen molar-refractivity contribution in [3.63, 3.8) is 0 Å². The molecule has 0 unspecified atom stereocenters. The van der Waals surface area contributed by atoms with Gasteiger partial charge in [-0.15, -0.1) is 0 Å². The first kappa shape index (κ1) is 15.6. The number of hydrogen-bond acceptors (Lipinski definition) is 3. The zero-order valence-electron chi connectivity index (χ0n) is 13.1. The zero-order valence-corrected chi connectivity index (χ0v) is 13.1. The maximum Gasteiger partial charge on any atom is 0.146 e. The third kappa shape index (κ3) is 4.33.